The van der Waals surface area contributed by atoms with E-state index in [2.05, 4.69) is 4.98 Å². The lowest BCUT2D eigenvalue weighted by Crippen LogP contribution is -2.16. The van der Waals surface area contributed by atoms with E-state index < -0.39 is 0 Å². The number of hydrogen-bond acceptors (Lipinski definition) is 7. The van der Waals surface area contributed by atoms with Gasteiger partial charge < -0.3 is 15.2 Å². The summed E-state index contributed by atoms with van der Waals surface area (Å²) in [7, 11) is 0. The summed E-state index contributed by atoms with van der Waals surface area (Å²) in [5.74, 6) is 0.290. The Kier molecular flexibility index (Phi) is 5.15. The van der Waals surface area contributed by atoms with Crippen molar-refractivity contribution in [2.24, 2.45) is 5.73 Å². The molecule has 0 atom stereocenters. The molecule has 0 fully saturated rings. The van der Waals surface area contributed by atoms with Crippen molar-refractivity contribution in [2.75, 3.05) is 6.61 Å². The summed E-state index contributed by atoms with van der Waals surface area (Å²) in [4.78, 5) is 17.8. The molecule has 2 aromatic rings. The van der Waals surface area contributed by atoms with Gasteiger partial charge in [-0.25, -0.2) is 4.79 Å². The van der Waals surface area contributed by atoms with Crippen LogP contribution in [-0.4, -0.2) is 22.4 Å². The number of fused-ring (bicyclic) bond motifs is 1. The second kappa shape index (κ2) is 7.33. The van der Waals surface area contributed by atoms with Crippen LogP contribution in [0.25, 0.3) is 0 Å². The number of aryl methyl sites for hydroxylation is 1. The number of carbonyl (C=O) groups excluding carboxylic acids is 1. The van der Waals surface area contributed by atoms with Crippen molar-refractivity contribution < 1.29 is 14.3 Å². The van der Waals surface area contributed by atoms with E-state index in [0.717, 1.165) is 22.4 Å². The van der Waals surface area contributed by atoms with Crippen LogP contribution in [0.4, 0.5) is 0 Å². The third kappa shape index (κ3) is 3.29. The van der Waals surface area contributed by atoms with Gasteiger partial charge in [0, 0.05) is 6.20 Å². The molecule has 7 heteroatoms. The molecule has 0 saturated heterocycles. The zero-order chi connectivity index (χ0) is 18.0. The first kappa shape index (κ1) is 17.6. The van der Waals surface area contributed by atoms with E-state index in [1.807, 2.05) is 13.0 Å². The fraction of sp³-hybridized carbons (Fsp3) is 0.278. The van der Waals surface area contributed by atoms with E-state index in [9.17, 15) is 4.79 Å². The van der Waals surface area contributed by atoms with Gasteiger partial charge in [0.2, 0.25) is 0 Å². The number of pyridine rings is 1. The number of allylic oxidation sites excluding steroid dienone is 1. The van der Waals surface area contributed by atoms with Crippen LogP contribution in [0.1, 0.15) is 39.8 Å². The van der Waals surface area contributed by atoms with E-state index in [4.69, 9.17) is 27.4 Å². The fourth-order valence-corrected chi connectivity index (χ4v) is 4.28. The van der Waals surface area contributed by atoms with Crippen molar-refractivity contribution in [2.45, 2.75) is 26.7 Å². The quantitative estimate of drug-likeness (QED) is 0.497. The Hall–Kier alpha value is -2.25. The maximum Gasteiger partial charge on any atom is 0.348 e. The lowest BCUT2D eigenvalue weighted by atomic mass is 9.89. The van der Waals surface area contributed by atoms with Crippen LogP contribution in [0.3, 0.4) is 0 Å². The van der Waals surface area contributed by atoms with Crippen molar-refractivity contribution >= 4 is 34.4 Å². The minimum atomic E-state index is -0.343. The van der Waals surface area contributed by atoms with Crippen LogP contribution >= 0.6 is 23.6 Å². The van der Waals surface area contributed by atoms with Crippen molar-refractivity contribution in [1.82, 2.24) is 4.98 Å². The van der Waals surface area contributed by atoms with Crippen LogP contribution in [0, 0.1) is 6.92 Å². The van der Waals surface area contributed by atoms with E-state index in [-0.39, 0.29) is 5.97 Å². The highest BCUT2D eigenvalue weighted by molar-refractivity contribution is 7.81. The van der Waals surface area contributed by atoms with Crippen molar-refractivity contribution in [3.05, 3.63) is 51.8 Å². The highest BCUT2D eigenvalue weighted by atomic mass is 32.1. The Morgan fingerprint density at radius 3 is 2.96 bits per heavy atom. The summed E-state index contributed by atoms with van der Waals surface area (Å²) in [6.07, 6.45) is 4.62. The minimum absolute atomic E-state index is 0.321. The largest absolute Gasteiger partial charge is 0.462 e. The summed E-state index contributed by atoms with van der Waals surface area (Å²) < 4.78 is 11.3. The molecule has 0 unspecified atom stereocenters. The minimum Gasteiger partial charge on any atom is -0.462 e. The standard InChI is InChI=1S/C18H18N2O3S2/c1-3-22-17(21)16-12-7-6-11(9-19)15(24)14(12)18(25-16)23-13-5-4-8-20-10(13)2/h4-5,8-9H,3,6-7,19H2,1-2H3. The molecule has 0 spiro atoms. The Balaban J connectivity index is 2.10. The molecular weight excluding hydrogens is 356 g/mol. The number of ether oxygens (including phenoxy) is 2. The van der Waals surface area contributed by atoms with Crippen molar-refractivity contribution in [1.29, 1.82) is 0 Å². The number of nitrogens with two attached hydrogens (primary N) is 1. The van der Waals surface area contributed by atoms with Gasteiger partial charge in [0.1, 0.15) is 10.6 Å². The van der Waals surface area contributed by atoms with E-state index >= 15 is 0 Å². The molecule has 1 aliphatic rings. The maximum absolute atomic E-state index is 12.3. The van der Waals surface area contributed by atoms with Gasteiger partial charge in [0.15, 0.2) is 5.06 Å². The van der Waals surface area contributed by atoms with E-state index in [1.54, 1.807) is 19.2 Å². The van der Waals surface area contributed by atoms with Gasteiger partial charge in [0.25, 0.3) is 0 Å². The summed E-state index contributed by atoms with van der Waals surface area (Å²) >= 11 is 6.86. The zero-order valence-corrected chi connectivity index (χ0v) is 15.6. The van der Waals surface area contributed by atoms with Crippen LogP contribution < -0.4 is 10.5 Å². The van der Waals surface area contributed by atoms with Crippen molar-refractivity contribution in [3.8, 4) is 10.8 Å². The SMILES string of the molecule is CCOC(=O)c1sc(Oc2cccnc2C)c2c1CCC(=CN)C2=S. The second-order valence-corrected chi connectivity index (χ2v) is 6.89. The molecule has 0 bridgehead atoms. The second-order valence-electron chi connectivity index (χ2n) is 5.50. The Labute approximate surface area is 155 Å². The molecule has 0 aliphatic heterocycles. The predicted octanol–water partition coefficient (Wildman–Crippen LogP) is 3.93. The molecule has 2 N–H and O–H groups in total. The molecule has 2 heterocycles. The Morgan fingerprint density at radius 1 is 1.48 bits per heavy atom. The predicted molar refractivity (Wildman–Crippen MR) is 102 cm³/mol. The summed E-state index contributed by atoms with van der Waals surface area (Å²) in [6.45, 7) is 3.97. The zero-order valence-electron chi connectivity index (χ0n) is 14.0. The first-order valence-corrected chi connectivity index (χ1v) is 9.17. The Bertz CT molecular complexity index is 871. The number of carbonyl (C=O) groups is 1. The number of rotatable bonds is 4. The third-order valence-electron chi connectivity index (χ3n) is 3.96. The lowest BCUT2D eigenvalue weighted by Gasteiger charge is -2.18. The summed E-state index contributed by atoms with van der Waals surface area (Å²) in [5.41, 5.74) is 9.02. The maximum atomic E-state index is 12.3. The highest BCUT2D eigenvalue weighted by Crippen LogP contribution is 2.44. The smallest absolute Gasteiger partial charge is 0.348 e. The van der Waals surface area contributed by atoms with E-state index in [1.165, 1.54) is 17.5 Å². The number of nitrogens with zero attached hydrogens (tertiary/aromatic N) is 1. The Morgan fingerprint density at radius 2 is 2.28 bits per heavy atom. The van der Waals surface area contributed by atoms with Crippen LogP contribution in [-0.2, 0) is 11.2 Å². The molecule has 0 amide bonds. The third-order valence-corrected chi connectivity index (χ3v) is 5.52. The van der Waals surface area contributed by atoms with Gasteiger partial charge in [-0.3, -0.25) is 4.98 Å². The van der Waals surface area contributed by atoms with Gasteiger partial charge >= 0.3 is 5.97 Å². The normalized spacial score (nSPS) is 15.1. The highest BCUT2D eigenvalue weighted by Gasteiger charge is 2.31. The van der Waals surface area contributed by atoms with Gasteiger partial charge in [0.05, 0.1) is 22.7 Å². The first-order valence-electron chi connectivity index (χ1n) is 7.94. The summed E-state index contributed by atoms with van der Waals surface area (Å²) in [6, 6.07) is 3.64. The topological polar surface area (TPSA) is 74.4 Å². The van der Waals surface area contributed by atoms with Crippen molar-refractivity contribution in [3.63, 3.8) is 0 Å². The summed E-state index contributed by atoms with van der Waals surface area (Å²) in [5, 5.41) is 0.582. The van der Waals surface area contributed by atoms with Crippen LogP contribution in [0.5, 0.6) is 10.8 Å². The van der Waals surface area contributed by atoms with Gasteiger partial charge in [-0.1, -0.05) is 23.6 Å². The molecule has 1 aliphatic carbocycles. The number of thiophene rings is 1. The molecular formula is C18H18N2O3S2. The molecule has 2 aromatic heterocycles. The van der Waals surface area contributed by atoms with Crippen LogP contribution in [0.2, 0.25) is 0 Å². The molecule has 130 valence electrons. The average Bonchev–Trinajstić information content (AvgIpc) is 2.97. The number of thiocarbonyl (C=S) groups is 1. The van der Waals surface area contributed by atoms with Gasteiger partial charge in [-0.15, -0.1) is 0 Å². The molecule has 0 aromatic carbocycles. The van der Waals surface area contributed by atoms with E-state index in [0.29, 0.717) is 40.0 Å². The molecule has 5 nitrogen and oxygen atoms in total. The number of hydrogen-bond donors (Lipinski definition) is 1. The monoisotopic (exact) mass is 374 g/mol. The fourth-order valence-electron chi connectivity index (χ4n) is 2.71. The van der Waals surface area contributed by atoms with Gasteiger partial charge in [-0.2, -0.15) is 0 Å². The molecule has 25 heavy (non-hydrogen) atoms. The number of esters is 1. The molecule has 0 radical (unpaired) electrons. The molecule has 3 rings (SSSR count). The lowest BCUT2D eigenvalue weighted by molar-refractivity contribution is 0.0531. The molecule has 0 saturated carbocycles. The first-order chi connectivity index (χ1) is 12.1. The number of aromatic nitrogens is 1. The van der Waals surface area contributed by atoms with Crippen LogP contribution in [0.15, 0.2) is 30.1 Å². The van der Waals surface area contributed by atoms with Gasteiger partial charge in [-0.05, 0) is 56.2 Å². The average molecular weight is 374 g/mol.